The predicted octanol–water partition coefficient (Wildman–Crippen LogP) is 2.92. The SMILES string of the molecule is CCc1ccccc1NC(=O)/C=C/c1ccc(S(=O)(=O)N2CCOCC2)cc1. The van der Waals surface area contributed by atoms with Crippen molar-refractivity contribution in [2.75, 3.05) is 31.6 Å². The predicted molar refractivity (Wildman–Crippen MR) is 110 cm³/mol. The van der Waals surface area contributed by atoms with E-state index in [9.17, 15) is 13.2 Å². The van der Waals surface area contributed by atoms with E-state index in [0.29, 0.717) is 26.3 Å². The molecule has 1 N–H and O–H groups in total. The Labute approximate surface area is 165 Å². The lowest BCUT2D eigenvalue weighted by Crippen LogP contribution is -2.40. The van der Waals surface area contributed by atoms with Crippen molar-refractivity contribution in [2.45, 2.75) is 18.2 Å². The van der Waals surface area contributed by atoms with E-state index in [4.69, 9.17) is 4.74 Å². The molecular formula is C21H24N2O4S. The third-order valence-electron chi connectivity index (χ3n) is 4.57. The van der Waals surface area contributed by atoms with Gasteiger partial charge in [0.05, 0.1) is 18.1 Å². The minimum atomic E-state index is -3.51. The minimum absolute atomic E-state index is 0.231. The Hall–Kier alpha value is -2.48. The molecule has 148 valence electrons. The van der Waals surface area contributed by atoms with Crippen molar-refractivity contribution in [3.8, 4) is 0 Å². The number of nitrogens with zero attached hydrogens (tertiary/aromatic N) is 1. The Bertz CT molecular complexity index is 947. The number of sulfonamides is 1. The smallest absolute Gasteiger partial charge is 0.248 e. The van der Waals surface area contributed by atoms with Crippen LogP contribution in [0.25, 0.3) is 6.08 Å². The Morgan fingerprint density at radius 1 is 1.11 bits per heavy atom. The van der Waals surface area contributed by atoms with Crippen LogP contribution in [-0.2, 0) is 26.0 Å². The van der Waals surface area contributed by atoms with E-state index in [1.54, 1.807) is 30.3 Å². The normalized spacial score (nSPS) is 15.6. The summed E-state index contributed by atoms with van der Waals surface area (Å²) in [6, 6.07) is 14.2. The molecule has 1 amide bonds. The van der Waals surface area contributed by atoms with Gasteiger partial charge in [0.25, 0.3) is 0 Å². The summed E-state index contributed by atoms with van der Waals surface area (Å²) in [5, 5.41) is 2.87. The molecule has 1 aliphatic rings. The fourth-order valence-corrected chi connectivity index (χ4v) is 4.39. The van der Waals surface area contributed by atoms with E-state index in [1.165, 1.54) is 10.4 Å². The van der Waals surface area contributed by atoms with Gasteiger partial charge in [-0.1, -0.05) is 37.3 Å². The number of carbonyl (C=O) groups excluding carboxylic acids is 1. The average molecular weight is 401 g/mol. The van der Waals surface area contributed by atoms with Gasteiger partial charge in [-0.2, -0.15) is 4.31 Å². The van der Waals surface area contributed by atoms with Crippen molar-refractivity contribution < 1.29 is 17.9 Å². The molecule has 2 aromatic carbocycles. The number of rotatable bonds is 6. The zero-order chi connectivity index (χ0) is 20.0. The maximum atomic E-state index is 12.6. The molecule has 6 nitrogen and oxygen atoms in total. The number of aryl methyl sites for hydroxylation is 1. The van der Waals surface area contributed by atoms with Gasteiger partial charge in [-0.15, -0.1) is 0 Å². The van der Waals surface area contributed by atoms with Crippen LogP contribution in [0.15, 0.2) is 59.5 Å². The summed E-state index contributed by atoms with van der Waals surface area (Å²) in [5.41, 5.74) is 2.62. The van der Waals surface area contributed by atoms with Crippen LogP contribution >= 0.6 is 0 Å². The van der Waals surface area contributed by atoms with E-state index < -0.39 is 10.0 Å². The molecule has 3 rings (SSSR count). The molecule has 7 heteroatoms. The number of carbonyl (C=O) groups is 1. The van der Waals surface area contributed by atoms with Gasteiger partial charge >= 0.3 is 0 Å². The summed E-state index contributed by atoms with van der Waals surface area (Å²) in [5.74, 6) is -0.231. The Morgan fingerprint density at radius 3 is 2.46 bits per heavy atom. The number of anilines is 1. The van der Waals surface area contributed by atoms with Gasteiger partial charge in [-0.25, -0.2) is 8.42 Å². The molecule has 0 aliphatic carbocycles. The molecule has 0 radical (unpaired) electrons. The summed E-state index contributed by atoms with van der Waals surface area (Å²) in [6.07, 6.45) is 3.94. The van der Waals surface area contributed by atoms with E-state index >= 15 is 0 Å². The number of nitrogens with one attached hydrogen (secondary N) is 1. The third kappa shape index (κ3) is 4.86. The molecule has 1 saturated heterocycles. The minimum Gasteiger partial charge on any atom is -0.379 e. The van der Waals surface area contributed by atoms with Crippen molar-refractivity contribution in [2.24, 2.45) is 0 Å². The number of morpholine rings is 1. The number of benzene rings is 2. The standard InChI is InChI=1S/C21H24N2O4S/c1-2-18-5-3-4-6-20(18)22-21(24)12-9-17-7-10-19(11-8-17)28(25,26)23-13-15-27-16-14-23/h3-12H,2,13-16H2,1H3,(H,22,24)/b12-9+. The number of amides is 1. The second-order valence-electron chi connectivity index (χ2n) is 6.42. The van der Waals surface area contributed by atoms with Crippen LogP contribution in [0.4, 0.5) is 5.69 Å². The van der Waals surface area contributed by atoms with Crippen molar-refractivity contribution in [3.63, 3.8) is 0 Å². The summed E-state index contributed by atoms with van der Waals surface area (Å²) < 4.78 is 31.9. The first-order chi connectivity index (χ1) is 13.5. The molecule has 28 heavy (non-hydrogen) atoms. The highest BCUT2D eigenvalue weighted by Crippen LogP contribution is 2.19. The van der Waals surface area contributed by atoms with Crippen molar-refractivity contribution in [1.29, 1.82) is 0 Å². The van der Waals surface area contributed by atoms with Crippen LogP contribution in [0.3, 0.4) is 0 Å². The summed E-state index contributed by atoms with van der Waals surface area (Å²) in [6.45, 7) is 3.59. The maximum absolute atomic E-state index is 12.6. The molecule has 0 atom stereocenters. The number of para-hydroxylation sites is 1. The average Bonchev–Trinajstić information content (AvgIpc) is 2.73. The van der Waals surface area contributed by atoms with Gasteiger partial charge in [0, 0.05) is 24.9 Å². The third-order valence-corrected chi connectivity index (χ3v) is 6.48. The lowest BCUT2D eigenvalue weighted by molar-refractivity contribution is -0.111. The first-order valence-corrected chi connectivity index (χ1v) is 10.7. The van der Waals surface area contributed by atoms with Crippen LogP contribution < -0.4 is 5.32 Å². The highest BCUT2D eigenvalue weighted by molar-refractivity contribution is 7.89. The second kappa shape index (κ2) is 9.14. The Balaban J connectivity index is 1.65. The summed E-state index contributed by atoms with van der Waals surface area (Å²) in [4.78, 5) is 12.4. The Kier molecular flexibility index (Phi) is 6.61. The number of hydrogen-bond donors (Lipinski definition) is 1. The van der Waals surface area contributed by atoms with Crippen LogP contribution in [0.2, 0.25) is 0 Å². The molecule has 0 bridgehead atoms. The monoisotopic (exact) mass is 400 g/mol. The fourth-order valence-electron chi connectivity index (χ4n) is 2.98. The maximum Gasteiger partial charge on any atom is 0.248 e. The number of ether oxygens (including phenoxy) is 1. The first kappa shape index (κ1) is 20.3. The highest BCUT2D eigenvalue weighted by atomic mass is 32.2. The zero-order valence-corrected chi connectivity index (χ0v) is 16.6. The lowest BCUT2D eigenvalue weighted by Gasteiger charge is -2.26. The molecular weight excluding hydrogens is 376 g/mol. The van der Waals surface area contributed by atoms with Gasteiger partial charge in [0.2, 0.25) is 15.9 Å². The van der Waals surface area contributed by atoms with E-state index in [1.807, 2.05) is 31.2 Å². The molecule has 2 aromatic rings. The molecule has 0 unspecified atom stereocenters. The van der Waals surface area contributed by atoms with Crippen molar-refractivity contribution >= 4 is 27.7 Å². The Morgan fingerprint density at radius 2 is 1.79 bits per heavy atom. The second-order valence-corrected chi connectivity index (χ2v) is 8.36. The van der Waals surface area contributed by atoms with Crippen molar-refractivity contribution in [3.05, 3.63) is 65.7 Å². The van der Waals surface area contributed by atoms with Gasteiger partial charge in [0.15, 0.2) is 0 Å². The summed E-state index contributed by atoms with van der Waals surface area (Å²) in [7, 11) is -3.51. The zero-order valence-electron chi connectivity index (χ0n) is 15.8. The molecule has 1 heterocycles. The van der Waals surface area contributed by atoms with E-state index in [2.05, 4.69) is 5.32 Å². The van der Waals surface area contributed by atoms with Crippen LogP contribution in [0.1, 0.15) is 18.1 Å². The topological polar surface area (TPSA) is 75.7 Å². The molecule has 1 fully saturated rings. The first-order valence-electron chi connectivity index (χ1n) is 9.25. The van der Waals surface area contributed by atoms with Gasteiger partial charge < -0.3 is 10.1 Å². The lowest BCUT2D eigenvalue weighted by atomic mass is 10.1. The molecule has 0 aromatic heterocycles. The molecule has 0 spiro atoms. The van der Waals surface area contributed by atoms with Gasteiger partial charge in [-0.05, 0) is 41.8 Å². The fraction of sp³-hybridized carbons (Fsp3) is 0.286. The van der Waals surface area contributed by atoms with Gasteiger partial charge in [-0.3, -0.25) is 4.79 Å². The molecule has 0 saturated carbocycles. The van der Waals surface area contributed by atoms with Crippen LogP contribution in [-0.4, -0.2) is 44.9 Å². The number of hydrogen-bond acceptors (Lipinski definition) is 4. The largest absolute Gasteiger partial charge is 0.379 e. The van der Waals surface area contributed by atoms with Crippen LogP contribution in [0.5, 0.6) is 0 Å². The molecule has 1 aliphatic heterocycles. The summed E-state index contributed by atoms with van der Waals surface area (Å²) >= 11 is 0. The van der Waals surface area contributed by atoms with E-state index in [-0.39, 0.29) is 10.8 Å². The van der Waals surface area contributed by atoms with Crippen molar-refractivity contribution in [1.82, 2.24) is 4.31 Å². The highest BCUT2D eigenvalue weighted by Gasteiger charge is 2.25. The van der Waals surface area contributed by atoms with Gasteiger partial charge in [0.1, 0.15) is 0 Å². The quantitative estimate of drug-likeness (QED) is 0.757. The van der Waals surface area contributed by atoms with Crippen LogP contribution in [0, 0.1) is 0 Å². The van der Waals surface area contributed by atoms with E-state index in [0.717, 1.165) is 23.2 Å².